The van der Waals surface area contributed by atoms with Gasteiger partial charge in [0.15, 0.2) is 0 Å². The molecule has 4 aromatic rings. The molecule has 31 heavy (non-hydrogen) atoms. The number of carbonyl (C=O) groups is 2. The summed E-state index contributed by atoms with van der Waals surface area (Å²) in [4.78, 5) is 30.7. The highest BCUT2D eigenvalue weighted by atomic mass is 16.2. The van der Waals surface area contributed by atoms with Gasteiger partial charge in [-0.2, -0.15) is 0 Å². The normalized spacial score (nSPS) is 11.1. The third-order valence-corrected chi connectivity index (χ3v) is 5.30. The Kier molecular flexibility index (Phi) is 6.64. The topological polar surface area (TPSA) is 102 Å². The summed E-state index contributed by atoms with van der Waals surface area (Å²) in [6.45, 7) is 2.39. The lowest BCUT2D eigenvalue weighted by Gasteiger charge is -2.08. The molecule has 7 nitrogen and oxygen atoms in total. The van der Waals surface area contributed by atoms with Gasteiger partial charge in [0.05, 0.1) is 12.8 Å². The fourth-order valence-electron chi connectivity index (χ4n) is 3.73. The number of carbonyl (C=O) groups excluding carboxylic acids is 2. The van der Waals surface area contributed by atoms with E-state index in [1.165, 1.54) is 0 Å². The van der Waals surface area contributed by atoms with Crippen LogP contribution in [-0.2, 0) is 22.4 Å². The molecule has 2 heterocycles. The number of nitrogens with one attached hydrogen (secondary N) is 5. The van der Waals surface area contributed by atoms with E-state index in [2.05, 4.69) is 25.9 Å². The van der Waals surface area contributed by atoms with Crippen LogP contribution in [0.25, 0.3) is 21.8 Å². The number of aromatic nitrogens is 2. The van der Waals surface area contributed by atoms with Crippen molar-refractivity contribution in [3.8, 4) is 0 Å². The van der Waals surface area contributed by atoms with E-state index >= 15 is 0 Å². The molecule has 7 heteroatoms. The minimum atomic E-state index is -0.00131. The van der Waals surface area contributed by atoms with E-state index in [0.29, 0.717) is 39.0 Å². The second-order valence-electron chi connectivity index (χ2n) is 7.52. The van der Waals surface area contributed by atoms with Crippen LogP contribution >= 0.6 is 0 Å². The van der Waals surface area contributed by atoms with Crippen LogP contribution in [-0.4, -0.2) is 48.0 Å². The Balaban J connectivity index is 1.09. The average Bonchev–Trinajstić information content (AvgIpc) is 3.38. The highest BCUT2D eigenvalue weighted by Gasteiger charge is 2.09. The van der Waals surface area contributed by atoms with Crippen LogP contribution in [0.1, 0.15) is 11.1 Å². The highest BCUT2D eigenvalue weighted by molar-refractivity contribution is 5.89. The SMILES string of the molecule is O=C(Cc1c[nH]c2ccccc12)NCCNCCNC(=O)Cc1c[nH]c2ccccc12. The quantitative estimate of drug-likeness (QED) is 0.256. The van der Waals surface area contributed by atoms with Gasteiger partial charge in [-0.1, -0.05) is 36.4 Å². The first-order valence-corrected chi connectivity index (χ1v) is 10.5. The van der Waals surface area contributed by atoms with Crippen molar-refractivity contribution in [2.75, 3.05) is 26.2 Å². The minimum Gasteiger partial charge on any atom is -0.361 e. The molecule has 160 valence electrons. The number of para-hydroxylation sites is 2. The van der Waals surface area contributed by atoms with E-state index in [-0.39, 0.29) is 11.8 Å². The standard InChI is InChI=1S/C24H27N5O2/c30-23(13-17-15-28-21-7-3-1-5-19(17)21)26-11-9-25-10-12-27-24(31)14-18-16-29-22-8-4-2-6-20(18)22/h1-8,15-16,25,28-29H,9-14H2,(H,26,30)(H,27,31). The second-order valence-corrected chi connectivity index (χ2v) is 7.52. The van der Waals surface area contributed by atoms with Crippen LogP contribution in [0.2, 0.25) is 0 Å². The molecule has 5 N–H and O–H groups in total. The Morgan fingerprint density at radius 3 is 1.58 bits per heavy atom. The molecule has 2 amide bonds. The number of H-pyrrole nitrogens is 2. The number of hydrogen-bond donors (Lipinski definition) is 5. The minimum absolute atomic E-state index is 0.00131. The number of amides is 2. The van der Waals surface area contributed by atoms with Crippen molar-refractivity contribution in [1.82, 2.24) is 25.9 Å². The molecule has 0 aliphatic rings. The van der Waals surface area contributed by atoms with Gasteiger partial charge in [0.2, 0.25) is 11.8 Å². The summed E-state index contributed by atoms with van der Waals surface area (Å²) in [6.07, 6.45) is 4.49. The molecule has 0 saturated heterocycles. The first-order valence-electron chi connectivity index (χ1n) is 10.5. The number of rotatable bonds is 10. The third-order valence-electron chi connectivity index (χ3n) is 5.30. The summed E-state index contributed by atoms with van der Waals surface area (Å²) in [6, 6.07) is 15.9. The highest BCUT2D eigenvalue weighted by Crippen LogP contribution is 2.18. The molecule has 0 spiro atoms. The third kappa shape index (κ3) is 5.32. The molecule has 2 aromatic carbocycles. The number of fused-ring (bicyclic) bond motifs is 2. The predicted molar refractivity (Wildman–Crippen MR) is 123 cm³/mol. The van der Waals surface area contributed by atoms with Gasteiger partial charge < -0.3 is 25.9 Å². The average molecular weight is 418 g/mol. The van der Waals surface area contributed by atoms with Crippen molar-refractivity contribution >= 4 is 33.6 Å². The molecule has 4 rings (SSSR count). The van der Waals surface area contributed by atoms with Crippen LogP contribution in [0.4, 0.5) is 0 Å². The van der Waals surface area contributed by atoms with Crippen LogP contribution in [0.3, 0.4) is 0 Å². The van der Waals surface area contributed by atoms with Crippen molar-refractivity contribution in [3.05, 3.63) is 72.1 Å². The monoisotopic (exact) mass is 417 g/mol. The lowest BCUT2D eigenvalue weighted by atomic mass is 10.1. The Morgan fingerprint density at radius 2 is 1.10 bits per heavy atom. The fraction of sp³-hybridized carbons (Fsp3) is 0.250. The number of benzene rings is 2. The van der Waals surface area contributed by atoms with Gasteiger partial charge in [-0.15, -0.1) is 0 Å². The van der Waals surface area contributed by atoms with Crippen LogP contribution in [0.5, 0.6) is 0 Å². The maximum absolute atomic E-state index is 12.2. The first-order chi connectivity index (χ1) is 15.2. The fourth-order valence-corrected chi connectivity index (χ4v) is 3.73. The van der Waals surface area contributed by atoms with Crippen molar-refractivity contribution in [2.45, 2.75) is 12.8 Å². The molecule has 0 radical (unpaired) electrons. The van der Waals surface area contributed by atoms with E-state index in [9.17, 15) is 9.59 Å². The predicted octanol–water partition coefficient (Wildman–Crippen LogP) is 2.26. The van der Waals surface area contributed by atoms with E-state index in [0.717, 1.165) is 32.9 Å². The molecular formula is C24H27N5O2. The van der Waals surface area contributed by atoms with E-state index in [1.54, 1.807) is 0 Å². The van der Waals surface area contributed by atoms with Crippen LogP contribution in [0, 0.1) is 0 Å². The molecule has 0 saturated carbocycles. The van der Waals surface area contributed by atoms with E-state index in [1.807, 2.05) is 60.9 Å². The summed E-state index contributed by atoms with van der Waals surface area (Å²) in [5.41, 5.74) is 4.08. The van der Waals surface area contributed by atoms with Gasteiger partial charge in [0.25, 0.3) is 0 Å². The number of aromatic amines is 2. The van der Waals surface area contributed by atoms with E-state index < -0.39 is 0 Å². The van der Waals surface area contributed by atoms with Crippen LogP contribution in [0.15, 0.2) is 60.9 Å². The van der Waals surface area contributed by atoms with Crippen molar-refractivity contribution < 1.29 is 9.59 Å². The largest absolute Gasteiger partial charge is 0.361 e. The zero-order valence-corrected chi connectivity index (χ0v) is 17.3. The van der Waals surface area contributed by atoms with Crippen molar-refractivity contribution in [1.29, 1.82) is 0 Å². The molecular weight excluding hydrogens is 390 g/mol. The summed E-state index contributed by atoms with van der Waals surface area (Å²) < 4.78 is 0. The molecule has 0 atom stereocenters. The Hall–Kier alpha value is -3.58. The van der Waals surface area contributed by atoms with Gasteiger partial charge in [0, 0.05) is 60.4 Å². The van der Waals surface area contributed by atoms with Gasteiger partial charge in [-0.05, 0) is 23.3 Å². The molecule has 0 bridgehead atoms. The van der Waals surface area contributed by atoms with Gasteiger partial charge in [-0.3, -0.25) is 9.59 Å². The first kappa shape index (κ1) is 20.7. The second kappa shape index (κ2) is 9.95. The Morgan fingerprint density at radius 1 is 0.645 bits per heavy atom. The van der Waals surface area contributed by atoms with Gasteiger partial charge >= 0.3 is 0 Å². The molecule has 2 aromatic heterocycles. The van der Waals surface area contributed by atoms with Gasteiger partial charge in [0.1, 0.15) is 0 Å². The summed E-state index contributed by atoms with van der Waals surface area (Å²) in [5.74, 6) is -0.00262. The smallest absolute Gasteiger partial charge is 0.224 e. The maximum Gasteiger partial charge on any atom is 0.224 e. The maximum atomic E-state index is 12.2. The Labute approximate surface area is 180 Å². The summed E-state index contributed by atoms with van der Waals surface area (Å²) in [7, 11) is 0. The number of hydrogen-bond acceptors (Lipinski definition) is 3. The zero-order valence-electron chi connectivity index (χ0n) is 17.3. The Bertz CT molecular complexity index is 1080. The zero-order chi connectivity index (χ0) is 21.5. The molecule has 0 fully saturated rings. The molecule has 0 unspecified atom stereocenters. The van der Waals surface area contributed by atoms with Crippen molar-refractivity contribution in [2.24, 2.45) is 0 Å². The molecule has 0 aliphatic carbocycles. The van der Waals surface area contributed by atoms with E-state index in [4.69, 9.17) is 0 Å². The lowest BCUT2D eigenvalue weighted by molar-refractivity contribution is -0.121. The van der Waals surface area contributed by atoms with Crippen molar-refractivity contribution in [3.63, 3.8) is 0 Å². The van der Waals surface area contributed by atoms with Gasteiger partial charge in [-0.25, -0.2) is 0 Å². The lowest BCUT2D eigenvalue weighted by Crippen LogP contribution is -2.37. The summed E-state index contributed by atoms with van der Waals surface area (Å²) >= 11 is 0. The molecule has 0 aliphatic heterocycles. The van der Waals surface area contributed by atoms with Crippen LogP contribution < -0.4 is 16.0 Å². The summed E-state index contributed by atoms with van der Waals surface area (Å²) in [5, 5.41) is 11.2.